The van der Waals surface area contributed by atoms with Crippen LogP contribution in [-0.2, 0) is 6.61 Å². The smallest absolute Gasteiger partial charge is 0.231 e. The van der Waals surface area contributed by atoms with Crippen LogP contribution in [-0.4, -0.2) is 27.1 Å². The van der Waals surface area contributed by atoms with Gasteiger partial charge in [0.05, 0.1) is 26.9 Å². The third-order valence-electron chi connectivity index (χ3n) is 4.91. The zero-order valence-corrected chi connectivity index (χ0v) is 17.5. The summed E-state index contributed by atoms with van der Waals surface area (Å²) in [6.07, 6.45) is 1.63. The van der Waals surface area contributed by atoms with Crippen molar-refractivity contribution in [3.05, 3.63) is 83.1 Å². The third-order valence-corrected chi connectivity index (χ3v) is 4.91. The fraction of sp³-hybridized carbons (Fsp3) is 0.160. The predicted octanol–water partition coefficient (Wildman–Crippen LogP) is 4.91. The molecular weight excluding hydrogens is 396 g/mol. The lowest BCUT2D eigenvalue weighted by atomic mass is 10.1. The predicted molar refractivity (Wildman–Crippen MR) is 116 cm³/mol. The highest BCUT2D eigenvalue weighted by atomic mass is 16.5. The van der Waals surface area contributed by atoms with Gasteiger partial charge in [0.25, 0.3) is 0 Å². The average molecular weight is 418 g/mol. The maximum atomic E-state index is 12.8. The number of hydrogen-bond donors (Lipinski definition) is 0. The zero-order valence-electron chi connectivity index (χ0n) is 17.5. The van der Waals surface area contributed by atoms with Crippen LogP contribution in [0, 0.1) is 0 Å². The minimum atomic E-state index is -0.207. The summed E-state index contributed by atoms with van der Waals surface area (Å²) in [7, 11) is 4.61. The van der Waals surface area contributed by atoms with Crippen molar-refractivity contribution in [2.75, 3.05) is 21.3 Å². The van der Waals surface area contributed by atoms with Crippen molar-refractivity contribution < 1.29 is 28.5 Å². The van der Waals surface area contributed by atoms with Crippen LogP contribution in [0.25, 0.3) is 6.08 Å². The summed E-state index contributed by atoms with van der Waals surface area (Å²) in [6.45, 7) is 0.430. The lowest BCUT2D eigenvalue weighted by Crippen LogP contribution is -2.00. The molecule has 0 radical (unpaired) electrons. The normalized spacial score (nSPS) is 13.5. The Morgan fingerprint density at radius 1 is 0.871 bits per heavy atom. The lowest BCUT2D eigenvalue weighted by Gasteiger charge is -2.14. The van der Waals surface area contributed by atoms with Gasteiger partial charge in [0.2, 0.25) is 11.5 Å². The minimum Gasteiger partial charge on any atom is -0.493 e. The van der Waals surface area contributed by atoms with Crippen LogP contribution >= 0.6 is 0 Å². The molecule has 0 aromatic heterocycles. The van der Waals surface area contributed by atoms with E-state index in [4.69, 9.17) is 23.7 Å². The second-order valence-corrected chi connectivity index (χ2v) is 6.80. The van der Waals surface area contributed by atoms with Crippen molar-refractivity contribution in [1.29, 1.82) is 0 Å². The van der Waals surface area contributed by atoms with E-state index < -0.39 is 0 Å². The molecule has 6 heteroatoms. The standard InChI is InChI=1S/C25H22O6/c1-27-20-12-9-17(24(28-2)25(20)29-3)13-22-23(26)19-11-10-18(14-21(19)31-22)30-15-16-7-5-4-6-8-16/h4-14H,15H2,1-3H3/b22-13-. The maximum Gasteiger partial charge on any atom is 0.231 e. The van der Waals surface area contributed by atoms with Crippen LogP contribution in [0.5, 0.6) is 28.7 Å². The highest BCUT2D eigenvalue weighted by Crippen LogP contribution is 2.42. The van der Waals surface area contributed by atoms with Crippen molar-refractivity contribution in [3.8, 4) is 28.7 Å². The van der Waals surface area contributed by atoms with Gasteiger partial charge >= 0.3 is 0 Å². The number of hydrogen-bond acceptors (Lipinski definition) is 6. The molecule has 0 fully saturated rings. The van der Waals surface area contributed by atoms with Crippen LogP contribution in [0.4, 0.5) is 0 Å². The van der Waals surface area contributed by atoms with Crippen molar-refractivity contribution in [2.45, 2.75) is 6.61 Å². The summed E-state index contributed by atoms with van der Waals surface area (Å²) in [5.74, 6) is 2.50. The number of allylic oxidation sites excluding steroid dienone is 1. The van der Waals surface area contributed by atoms with Crippen LogP contribution in [0.3, 0.4) is 0 Å². The van der Waals surface area contributed by atoms with Gasteiger partial charge in [0.15, 0.2) is 17.3 Å². The number of fused-ring (bicyclic) bond motifs is 1. The molecular formula is C25H22O6. The average Bonchev–Trinajstić information content (AvgIpc) is 3.12. The Balaban J connectivity index is 1.58. The van der Waals surface area contributed by atoms with Gasteiger partial charge < -0.3 is 23.7 Å². The fourth-order valence-corrected chi connectivity index (χ4v) is 3.38. The summed E-state index contributed by atoms with van der Waals surface area (Å²) < 4.78 is 27.9. The summed E-state index contributed by atoms with van der Waals surface area (Å²) in [5, 5.41) is 0. The largest absolute Gasteiger partial charge is 0.493 e. The number of carbonyl (C=O) groups is 1. The van der Waals surface area contributed by atoms with Crippen LogP contribution < -0.4 is 23.7 Å². The lowest BCUT2D eigenvalue weighted by molar-refractivity contribution is 0.101. The fourth-order valence-electron chi connectivity index (χ4n) is 3.38. The Bertz CT molecular complexity index is 1130. The number of carbonyl (C=O) groups excluding carboxylic acids is 1. The molecule has 6 nitrogen and oxygen atoms in total. The van der Waals surface area contributed by atoms with Crippen LogP contribution in [0.2, 0.25) is 0 Å². The summed E-state index contributed by atoms with van der Waals surface area (Å²) >= 11 is 0. The Kier molecular flexibility index (Phi) is 5.80. The van der Waals surface area contributed by atoms with Crippen molar-refractivity contribution in [1.82, 2.24) is 0 Å². The van der Waals surface area contributed by atoms with Crippen LogP contribution in [0.15, 0.2) is 66.4 Å². The van der Waals surface area contributed by atoms with Gasteiger partial charge in [-0.25, -0.2) is 0 Å². The van der Waals surface area contributed by atoms with E-state index in [1.54, 1.807) is 43.5 Å². The second kappa shape index (κ2) is 8.83. The van der Waals surface area contributed by atoms with E-state index in [9.17, 15) is 4.79 Å². The minimum absolute atomic E-state index is 0.195. The highest BCUT2D eigenvalue weighted by Gasteiger charge is 2.28. The first kappa shape index (κ1) is 20.3. The number of Topliss-reactive ketones (excluding diaryl/α,β-unsaturated/α-hetero) is 1. The van der Waals surface area contributed by atoms with E-state index in [1.807, 2.05) is 30.3 Å². The van der Waals surface area contributed by atoms with Gasteiger partial charge in [-0.05, 0) is 35.9 Å². The first-order chi connectivity index (χ1) is 15.1. The van der Waals surface area contributed by atoms with Gasteiger partial charge in [-0.1, -0.05) is 30.3 Å². The highest BCUT2D eigenvalue weighted by molar-refractivity contribution is 6.14. The molecule has 0 unspecified atom stereocenters. The van der Waals surface area contributed by atoms with Crippen molar-refractivity contribution >= 4 is 11.9 Å². The first-order valence-electron chi connectivity index (χ1n) is 9.68. The molecule has 0 aliphatic carbocycles. The zero-order chi connectivity index (χ0) is 21.8. The Morgan fingerprint density at radius 3 is 2.35 bits per heavy atom. The molecule has 1 aliphatic heterocycles. The van der Waals surface area contributed by atoms with Crippen LogP contribution in [0.1, 0.15) is 21.5 Å². The SMILES string of the molecule is COc1ccc(/C=C2\Oc3cc(OCc4ccccc4)ccc3C2=O)c(OC)c1OC. The number of ether oxygens (including phenoxy) is 5. The van der Waals surface area contributed by atoms with Gasteiger partial charge in [0, 0.05) is 11.6 Å². The number of ketones is 1. The van der Waals surface area contributed by atoms with E-state index in [0.29, 0.717) is 46.5 Å². The van der Waals surface area contributed by atoms with Crippen molar-refractivity contribution in [3.63, 3.8) is 0 Å². The van der Waals surface area contributed by atoms with Crippen molar-refractivity contribution in [2.24, 2.45) is 0 Å². The molecule has 0 atom stereocenters. The van der Waals surface area contributed by atoms with E-state index in [1.165, 1.54) is 14.2 Å². The third kappa shape index (κ3) is 4.05. The molecule has 1 aliphatic rings. The molecule has 31 heavy (non-hydrogen) atoms. The number of benzene rings is 3. The molecule has 3 aromatic rings. The first-order valence-corrected chi connectivity index (χ1v) is 9.68. The molecule has 0 saturated heterocycles. The summed E-state index contributed by atoms with van der Waals surface area (Å²) in [6, 6.07) is 18.6. The molecule has 0 spiro atoms. The molecule has 0 saturated carbocycles. The summed E-state index contributed by atoms with van der Waals surface area (Å²) in [5.41, 5.74) is 2.18. The van der Waals surface area contributed by atoms with E-state index in [-0.39, 0.29) is 11.5 Å². The number of methoxy groups -OCH3 is 3. The van der Waals surface area contributed by atoms with Gasteiger partial charge in [-0.2, -0.15) is 0 Å². The molecule has 1 heterocycles. The van der Waals surface area contributed by atoms with Gasteiger partial charge in [-0.3, -0.25) is 4.79 Å². The molecule has 0 amide bonds. The molecule has 158 valence electrons. The molecule has 3 aromatic carbocycles. The quantitative estimate of drug-likeness (QED) is 0.508. The Labute approximate surface area is 180 Å². The number of rotatable bonds is 7. The maximum absolute atomic E-state index is 12.8. The monoisotopic (exact) mass is 418 g/mol. The van der Waals surface area contributed by atoms with Gasteiger partial charge in [0.1, 0.15) is 18.1 Å². The molecule has 0 bridgehead atoms. The van der Waals surface area contributed by atoms with Gasteiger partial charge in [-0.15, -0.1) is 0 Å². The Morgan fingerprint density at radius 2 is 1.65 bits per heavy atom. The topological polar surface area (TPSA) is 63.2 Å². The van der Waals surface area contributed by atoms with E-state index in [2.05, 4.69) is 0 Å². The van der Waals surface area contributed by atoms with E-state index in [0.717, 1.165) is 5.56 Å². The van der Waals surface area contributed by atoms with E-state index >= 15 is 0 Å². The summed E-state index contributed by atoms with van der Waals surface area (Å²) in [4.78, 5) is 12.8. The second-order valence-electron chi connectivity index (χ2n) is 6.80. The Hall–Kier alpha value is -3.93. The molecule has 4 rings (SSSR count). The molecule has 0 N–H and O–H groups in total.